The van der Waals surface area contributed by atoms with Gasteiger partial charge in [0, 0.05) is 28.7 Å². The largest absolute Gasteiger partial charge is 0.480 e. The van der Waals surface area contributed by atoms with Gasteiger partial charge in [0.1, 0.15) is 67.5 Å². The number of carbonyl (C=O) groups is 9. The second kappa shape index (κ2) is 29.8. The summed E-state index contributed by atoms with van der Waals surface area (Å²) >= 11 is 5.74. The van der Waals surface area contributed by atoms with E-state index in [1.165, 1.54) is 11.5 Å². The lowest BCUT2D eigenvalue weighted by atomic mass is 9.85. The molecule has 6 amide bonds. The molecule has 11 N–H and O–H groups in total. The Balaban J connectivity index is 0.870. The smallest absolute Gasteiger partial charge is 0.355 e. The van der Waals surface area contributed by atoms with Crippen LogP contribution < -0.4 is 47.9 Å². The lowest BCUT2D eigenvalue weighted by molar-refractivity contribution is -0.276. The second-order valence-electron chi connectivity index (χ2n) is 24.6. The first-order valence-electron chi connectivity index (χ1n) is 30.6. The number of hydrogen-bond acceptors (Lipinski definition) is 19. The number of anilines is 1. The predicted octanol–water partition coefficient (Wildman–Crippen LogP) is 1.49. The van der Waals surface area contributed by atoms with Gasteiger partial charge < -0.3 is 86.1 Å². The summed E-state index contributed by atoms with van der Waals surface area (Å²) in [5.41, 5.74) is 6.07. The molecule has 0 spiro atoms. The molecule has 6 heterocycles. The molecule has 11 atom stereocenters. The Bertz CT molecular complexity index is 3550. The van der Waals surface area contributed by atoms with Crippen molar-refractivity contribution in [3.63, 3.8) is 0 Å². The molecule has 4 aliphatic rings. The van der Waals surface area contributed by atoms with Gasteiger partial charge in [0.05, 0.1) is 48.1 Å². The lowest BCUT2D eigenvalue weighted by Gasteiger charge is -2.40. The number of pyridine rings is 2. The number of thiocarbonyl (C=S) groups is 1. The highest BCUT2D eigenvalue weighted by atomic mass is 32.1. The van der Waals surface area contributed by atoms with Crippen molar-refractivity contribution in [2.24, 2.45) is 23.5 Å². The zero-order chi connectivity index (χ0) is 67.0. The van der Waals surface area contributed by atoms with Gasteiger partial charge in [-0.05, 0) is 111 Å². The number of para-hydroxylation sites is 1. The van der Waals surface area contributed by atoms with E-state index in [9.17, 15) is 58.2 Å². The molecule has 2 fully saturated rings. The summed E-state index contributed by atoms with van der Waals surface area (Å²) in [4.78, 5) is 142. The van der Waals surface area contributed by atoms with Crippen LogP contribution in [0.1, 0.15) is 111 Å². The number of carboxylic acids is 1. The van der Waals surface area contributed by atoms with E-state index in [1.54, 1.807) is 69.9 Å². The summed E-state index contributed by atoms with van der Waals surface area (Å²) in [5, 5.41) is 47.5. The quantitative estimate of drug-likeness (QED) is 0.0277. The number of primary amides is 1. The number of carboxylic acid groups (broad SMARTS) is 1. The van der Waals surface area contributed by atoms with E-state index in [0.29, 0.717) is 42.0 Å². The molecule has 496 valence electrons. The first-order chi connectivity index (χ1) is 43.6. The highest BCUT2D eigenvalue weighted by Gasteiger charge is 2.52. The molecule has 0 bridgehead atoms. The number of nitrogens with one attached hydrogen (secondary N) is 6. The molecular weight excluding hydrogens is 1220 g/mol. The summed E-state index contributed by atoms with van der Waals surface area (Å²) in [6.45, 7) is 12.3. The minimum absolute atomic E-state index is 0.0154. The third-order valence-corrected chi connectivity index (χ3v) is 16.7. The molecule has 8 rings (SSSR count). The summed E-state index contributed by atoms with van der Waals surface area (Å²) in [5.74, 6) is -9.12. The number of likely N-dealkylation sites (tertiary alicyclic amines) is 1. The van der Waals surface area contributed by atoms with E-state index >= 15 is 0 Å². The van der Waals surface area contributed by atoms with Gasteiger partial charge in [0.25, 0.3) is 5.56 Å². The van der Waals surface area contributed by atoms with Gasteiger partial charge in [-0.2, -0.15) is 0 Å². The highest BCUT2D eigenvalue weighted by Crippen LogP contribution is 2.41. The molecule has 0 saturated carbocycles. The fraction of sp³-hybridized carbons (Fsp3) is 0.524. The van der Waals surface area contributed by atoms with Gasteiger partial charge in [0.2, 0.25) is 47.3 Å². The van der Waals surface area contributed by atoms with E-state index in [-0.39, 0.29) is 66.2 Å². The van der Waals surface area contributed by atoms with E-state index in [2.05, 4.69) is 31.9 Å². The molecule has 2 saturated heterocycles. The van der Waals surface area contributed by atoms with Crippen LogP contribution in [-0.4, -0.2) is 169 Å². The van der Waals surface area contributed by atoms with Crippen molar-refractivity contribution >= 4 is 87.3 Å². The number of rotatable bonds is 26. The van der Waals surface area contributed by atoms with E-state index in [0.717, 1.165) is 10.9 Å². The zero-order valence-corrected chi connectivity index (χ0v) is 53.2. The number of benzene rings is 2. The third kappa shape index (κ3) is 16.0. The van der Waals surface area contributed by atoms with Gasteiger partial charge in [-0.15, -0.1) is 0 Å². The Morgan fingerprint density at radius 2 is 1.53 bits per heavy atom. The fourth-order valence-corrected chi connectivity index (χ4v) is 12.0. The van der Waals surface area contributed by atoms with Crippen molar-refractivity contribution in [2.45, 2.75) is 174 Å². The number of nitrogens with zero attached hydrogens (tertiary/aromatic N) is 3. The molecule has 1 unspecified atom stereocenters. The first kappa shape index (κ1) is 69.3. The van der Waals surface area contributed by atoms with E-state index in [1.807, 2.05) is 44.2 Å². The maximum Gasteiger partial charge on any atom is 0.355 e. The normalized spacial score (nSPS) is 22.0. The average molecular weight is 1300 g/mol. The molecule has 4 aromatic rings. The predicted molar refractivity (Wildman–Crippen MR) is 333 cm³/mol. The van der Waals surface area contributed by atoms with Crippen LogP contribution in [0, 0.1) is 17.8 Å². The third-order valence-electron chi connectivity index (χ3n) is 16.4. The number of aliphatic carboxylic acids is 1. The molecule has 2 aromatic heterocycles. The van der Waals surface area contributed by atoms with E-state index in [4.69, 9.17) is 51.7 Å². The Morgan fingerprint density at radius 3 is 2.18 bits per heavy atom. The molecule has 0 aliphatic carbocycles. The number of ether oxygens (including phenoxy) is 5. The van der Waals surface area contributed by atoms with Gasteiger partial charge >= 0.3 is 17.9 Å². The van der Waals surface area contributed by atoms with Crippen molar-refractivity contribution in [2.75, 3.05) is 25.0 Å². The van der Waals surface area contributed by atoms with Crippen LogP contribution in [0.2, 0.25) is 0 Å². The standard InChI is InChI=1S/C63H80N10O18S/c1-9-63(39-24-45-50-35(23-34-13-10-11-14-40(34)68-50)27-73(45)58(84)38(39)28-88-61(63)86)91-59(85)49(32(6)7)71-56(82)43(25-46(64)74)69-55(81)42(22-31(4)5)67-47(75)26-65-54(80)41(21-30(2)3)70-57(83)44-15-12-20-72(44)62(92)66-36-16-18-37(19-17-36)90-60-52(79)53(87-29-48(76)77)51(78)33(8)89-60/h10-11,13-14,16-19,23-24,30-33,41-44,49,51-53,60,78-79H,9,12,15,20-22,25-29H2,1-8H3,(H2,64,74)(H,65,80)(H,66,92)(H,67,75)(H,69,81)(H,70,83)(H,71,82)(H,76,77)/t33-,41+,42-,43-,44-,49-,51+,52+,53+,60?,63+/m1/s1. The molecule has 0 radical (unpaired) electrons. The summed E-state index contributed by atoms with van der Waals surface area (Å²) in [6, 6.07) is 10.9. The summed E-state index contributed by atoms with van der Waals surface area (Å²) in [7, 11) is 0. The topological polar surface area (TPSA) is 397 Å². The minimum Gasteiger partial charge on any atom is -0.480 e. The van der Waals surface area contributed by atoms with Crippen molar-refractivity contribution in [3.05, 3.63) is 87.7 Å². The number of fused-ring (bicyclic) bond motifs is 5. The highest BCUT2D eigenvalue weighted by molar-refractivity contribution is 7.80. The SMILES string of the molecule is CC[C@@]1(OC(=O)[C@H](NC(=O)[C@@H](CC(N)=O)NC(=O)[C@@H](CC(C)C)NC(=O)CNC(=O)[C@H](CC(C)C)NC(=O)[C@H]2CCCN2C(=S)Nc2ccc(OC3O[C@H](C)[C@H](O)[C@H](OCC(=O)O)[C@@H]3O)cc2)C(C)C)C(=O)OCc2c1cc1n(c2=O)Cc2cc3ccccc3nc2-1. The number of cyclic esters (lactones) is 1. The van der Waals surface area contributed by atoms with Crippen LogP contribution in [-0.2, 0) is 80.9 Å². The lowest BCUT2D eigenvalue weighted by Crippen LogP contribution is -2.59. The molecule has 92 heavy (non-hydrogen) atoms. The maximum atomic E-state index is 14.4. The van der Waals surface area contributed by atoms with Gasteiger partial charge in [-0.3, -0.25) is 33.6 Å². The molecular formula is C63H80N10O18S. The Labute approximate surface area is 535 Å². The number of esters is 2. The van der Waals surface area contributed by atoms with Crippen LogP contribution in [0.5, 0.6) is 5.75 Å². The number of amides is 6. The number of aliphatic hydroxyl groups is 2. The maximum absolute atomic E-state index is 14.4. The van der Waals surface area contributed by atoms with Crippen molar-refractivity contribution in [3.8, 4) is 17.1 Å². The average Bonchev–Trinajstić information content (AvgIpc) is 1.40. The van der Waals surface area contributed by atoms with Crippen LogP contribution in [0.4, 0.5) is 5.69 Å². The van der Waals surface area contributed by atoms with Gasteiger partial charge in [0.15, 0.2) is 5.11 Å². The Hall–Kier alpha value is -8.64. The molecule has 29 heteroatoms. The van der Waals surface area contributed by atoms with Crippen molar-refractivity contribution in [1.82, 2.24) is 41.0 Å². The number of aliphatic hydroxyl groups excluding tert-OH is 2. The fourth-order valence-electron chi connectivity index (χ4n) is 11.6. The number of hydrogen-bond donors (Lipinski definition) is 10. The Kier molecular flexibility index (Phi) is 22.4. The van der Waals surface area contributed by atoms with Crippen LogP contribution >= 0.6 is 12.2 Å². The second-order valence-corrected chi connectivity index (χ2v) is 25.0. The number of carbonyl (C=O) groups excluding carboxylic acids is 8. The minimum atomic E-state index is -2.14. The monoisotopic (exact) mass is 1300 g/mol. The van der Waals surface area contributed by atoms with Crippen LogP contribution in [0.25, 0.3) is 22.3 Å². The number of aromatic nitrogens is 2. The molecule has 4 aliphatic heterocycles. The van der Waals surface area contributed by atoms with Crippen molar-refractivity contribution < 1.29 is 82.2 Å². The van der Waals surface area contributed by atoms with Crippen LogP contribution in [0.3, 0.4) is 0 Å². The van der Waals surface area contributed by atoms with Crippen molar-refractivity contribution in [1.29, 1.82) is 0 Å². The van der Waals surface area contributed by atoms with E-state index < -0.39 is 151 Å². The Morgan fingerprint density at radius 1 is 0.859 bits per heavy atom. The summed E-state index contributed by atoms with van der Waals surface area (Å²) in [6.07, 6.45) is -6.08. The molecule has 28 nitrogen and oxygen atoms in total. The van der Waals surface area contributed by atoms with Gasteiger partial charge in [-0.1, -0.05) is 66.7 Å². The summed E-state index contributed by atoms with van der Waals surface area (Å²) < 4.78 is 29.8. The van der Waals surface area contributed by atoms with Crippen LogP contribution in [0.15, 0.2) is 65.5 Å². The number of nitrogens with two attached hydrogens (primary N) is 1. The first-order valence-corrected chi connectivity index (χ1v) is 31.0. The molecule has 2 aromatic carbocycles. The van der Waals surface area contributed by atoms with Gasteiger partial charge in [-0.25, -0.2) is 19.4 Å². The zero-order valence-electron chi connectivity index (χ0n) is 52.3.